The summed E-state index contributed by atoms with van der Waals surface area (Å²) in [6.45, 7) is 7.95. The number of hydrogen-bond donors (Lipinski definition) is 1. The van der Waals surface area contributed by atoms with Crippen LogP contribution in [0.3, 0.4) is 0 Å². The molecule has 0 radical (unpaired) electrons. The summed E-state index contributed by atoms with van der Waals surface area (Å²) < 4.78 is 16.8. The van der Waals surface area contributed by atoms with Gasteiger partial charge in [0.25, 0.3) is 0 Å². The van der Waals surface area contributed by atoms with Crippen molar-refractivity contribution in [1.29, 1.82) is 0 Å². The van der Waals surface area contributed by atoms with E-state index in [1.807, 2.05) is 24.3 Å². The maximum Gasteiger partial charge on any atom is 0.240 e. The molecule has 174 valence electrons. The molecule has 1 N–H and O–H groups in total. The van der Waals surface area contributed by atoms with Gasteiger partial charge in [0.05, 0.1) is 12.4 Å². The molecule has 1 aliphatic heterocycles. The minimum Gasteiger partial charge on any atom is -0.492 e. The molecule has 0 spiro atoms. The van der Waals surface area contributed by atoms with Crippen molar-refractivity contribution in [3.8, 4) is 28.9 Å². The Labute approximate surface area is 198 Å². The fourth-order valence-electron chi connectivity index (χ4n) is 3.77. The van der Waals surface area contributed by atoms with Crippen LogP contribution in [0.1, 0.15) is 37.3 Å². The van der Waals surface area contributed by atoms with E-state index in [0.717, 1.165) is 18.9 Å². The number of aryl methyl sites for hydroxylation is 1. The van der Waals surface area contributed by atoms with Crippen molar-refractivity contribution in [3.63, 3.8) is 0 Å². The average molecular weight is 458 g/mol. The number of rotatable bonds is 8. The monoisotopic (exact) mass is 457 g/mol. The molecule has 0 aliphatic carbocycles. The molecule has 1 aliphatic rings. The van der Waals surface area contributed by atoms with Gasteiger partial charge in [0.1, 0.15) is 18.1 Å². The van der Waals surface area contributed by atoms with E-state index in [4.69, 9.17) is 14.0 Å². The maximum atomic E-state index is 5.91. The highest BCUT2D eigenvalue weighted by molar-refractivity contribution is 5.44. The van der Waals surface area contributed by atoms with Crippen LogP contribution in [-0.2, 0) is 5.41 Å². The summed E-state index contributed by atoms with van der Waals surface area (Å²) in [4.78, 5) is 12.6. The van der Waals surface area contributed by atoms with Gasteiger partial charge in [0.15, 0.2) is 5.75 Å². The van der Waals surface area contributed by atoms with Crippen molar-refractivity contribution in [2.75, 3.05) is 13.2 Å². The van der Waals surface area contributed by atoms with Gasteiger partial charge in [-0.2, -0.15) is 4.98 Å². The fourth-order valence-corrected chi connectivity index (χ4v) is 3.77. The van der Waals surface area contributed by atoms with Crippen molar-refractivity contribution in [1.82, 2.24) is 25.4 Å². The van der Waals surface area contributed by atoms with Crippen molar-refractivity contribution >= 4 is 0 Å². The predicted molar refractivity (Wildman–Crippen MR) is 127 cm³/mol. The standard InChI is InChI=1S/C26H27N5O3/c1-17-30-25(31-34-17)24-28-14-23(15-29-24)33-22-10-6-19(7-11-22)26(2,3)18-4-8-21(9-5-18)32-16-20-12-13-27-20/h4-11,14-15,20,27H,12-13,16H2,1-3H3/t20-/m0/s1. The molecule has 1 saturated heterocycles. The number of nitrogens with one attached hydrogen (secondary N) is 1. The van der Waals surface area contributed by atoms with Gasteiger partial charge in [-0.15, -0.1) is 0 Å². The molecule has 0 amide bonds. The molecule has 8 nitrogen and oxygen atoms in total. The van der Waals surface area contributed by atoms with Gasteiger partial charge < -0.3 is 19.3 Å². The van der Waals surface area contributed by atoms with Crippen molar-refractivity contribution < 1.29 is 14.0 Å². The van der Waals surface area contributed by atoms with E-state index in [0.29, 0.717) is 35.1 Å². The van der Waals surface area contributed by atoms with Crippen LogP contribution in [0.4, 0.5) is 0 Å². The minimum absolute atomic E-state index is 0.167. The van der Waals surface area contributed by atoms with Crippen LogP contribution in [0.5, 0.6) is 17.2 Å². The summed E-state index contributed by atoms with van der Waals surface area (Å²) in [7, 11) is 0. The van der Waals surface area contributed by atoms with Crippen LogP contribution >= 0.6 is 0 Å². The third-order valence-corrected chi connectivity index (χ3v) is 6.12. The van der Waals surface area contributed by atoms with E-state index in [-0.39, 0.29) is 5.41 Å². The average Bonchev–Trinajstić information content (AvgIpc) is 3.25. The van der Waals surface area contributed by atoms with Gasteiger partial charge in [0.2, 0.25) is 17.5 Å². The van der Waals surface area contributed by atoms with E-state index in [1.165, 1.54) is 17.5 Å². The lowest BCUT2D eigenvalue weighted by Gasteiger charge is -2.28. The Bertz CT molecular complexity index is 1230. The molecule has 0 unspecified atom stereocenters. The number of nitrogens with zero attached hydrogens (tertiary/aromatic N) is 4. The molecule has 3 heterocycles. The van der Waals surface area contributed by atoms with E-state index < -0.39 is 0 Å². The third-order valence-electron chi connectivity index (χ3n) is 6.12. The van der Waals surface area contributed by atoms with E-state index in [9.17, 15) is 0 Å². The largest absolute Gasteiger partial charge is 0.492 e. The van der Waals surface area contributed by atoms with Crippen LogP contribution < -0.4 is 14.8 Å². The summed E-state index contributed by atoms with van der Waals surface area (Å²) in [5, 5.41) is 7.17. The molecule has 1 atom stereocenters. The molecule has 8 heteroatoms. The van der Waals surface area contributed by atoms with Crippen LogP contribution in [0.25, 0.3) is 11.6 Å². The molecule has 5 rings (SSSR count). The van der Waals surface area contributed by atoms with Gasteiger partial charge >= 0.3 is 0 Å². The van der Waals surface area contributed by atoms with Gasteiger partial charge in [0, 0.05) is 18.4 Å². The number of hydrogen-bond acceptors (Lipinski definition) is 8. The molecule has 2 aromatic heterocycles. The lowest BCUT2D eigenvalue weighted by Crippen LogP contribution is -2.46. The first-order valence-electron chi connectivity index (χ1n) is 11.4. The Morgan fingerprint density at radius 1 is 0.912 bits per heavy atom. The SMILES string of the molecule is Cc1nc(-c2ncc(Oc3ccc(C(C)(C)c4ccc(OC[C@@H]5CCN5)cc4)cc3)cn2)no1. The summed E-state index contributed by atoms with van der Waals surface area (Å²) >= 11 is 0. The highest BCUT2D eigenvalue weighted by atomic mass is 16.5. The normalized spacial score (nSPS) is 15.6. The molecule has 34 heavy (non-hydrogen) atoms. The van der Waals surface area contributed by atoms with Crippen LogP contribution in [0, 0.1) is 6.92 Å². The lowest BCUT2D eigenvalue weighted by molar-refractivity contribution is 0.217. The van der Waals surface area contributed by atoms with Crippen LogP contribution in [0.15, 0.2) is 65.4 Å². The minimum atomic E-state index is -0.167. The van der Waals surface area contributed by atoms with Crippen LogP contribution in [-0.4, -0.2) is 39.3 Å². The summed E-state index contributed by atoms with van der Waals surface area (Å²) in [5.74, 6) is 3.35. The summed E-state index contributed by atoms with van der Waals surface area (Å²) in [6, 6.07) is 16.9. The van der Waals surface area contributed by atoms with Crippen molar-refractivity contribution in [2.24, 2.45) is 0 Å². The van der Waals surface area contributed by atoms with Crippen LogP contribution in [0.2, 0.25) is 0 Å². The van der Waals surface area contributed by atoms with Crippen molar-refractivity contribution in [3.05, 3.63) is 77.9 Å². The van der Waals surface area contributed by atoms with E-state index in [2.05, 4.69) is 63.5 Å². The Hall–Kier alpha value is -3.78. The molecule has 0 bridgehead atoms. The predicted octanol–water partition coefficient (Wildman–Crippen LogP) is 4.69. The molecular weight excluding hydrogens is 430 g/mol. The third kappa shape index (κ3) is 4.77. The second-order valence-electron chi connectivity index (χ2n) is 8.91. The number of benzene rings is 2. The Balaban J connectivity index is 1.23. The Kier molecular flexibility index (Phi) is 5.98. The second-order valence-corrected chi connectivity index (χ2v) is 8.91. The number of ether oxygens (including phenoxy) is 2. The first-order chi connectivity index (χ1) is 16.5. The Morgan fingerprint density at radius 2 is 1.53 bits per heavy atom. The zero-order chi connectivity index (χ0) is 23.5. The zero-order valence-corrected chi connectivity index (χ0v) is 19.5. The molecule has 2 aromatic carbocycles. The Morgan fingerprint density at radius 3 is 2.06 bits per heavy atom. The van der Waals surface area contributed by atoms with Gasteiger partial charge in [-0.05, 0) is 48.4 Å². The van der Waals surface area contributed by atoms with Gasteiger partial charge in [-0.1, -0.05) is 43.3 Å². The fraction of sp³-hybridized carbons (Fsp3) is 0.308. The molecule has 0 saturated carbocycles. The number of aromatic nitrogens is 4. The van der Waals surface area contributed by atoms with Crippen molar-refractivity contribution in [2.45, 2.75) is 38.6 Å². The molecular formula is C26H27N5O3. The molecule has 1 fully saturated rings. The smallest absolute Gasteiger partial charge is 0.240 e. The van der Waals surface area contributed by atoms with E-state index in [1.54, 1.807) is 19.3 Å². The lowest BCUT2D eigenvalue weighted by atomic mass is 9.78. The van der Waals surface area contributed by atoms with Gasteiger partial charge in [-0.3, -0.25) is 0 Å². The first kappa shape index (κ1) is 22.0. The molecule has 4 aromatic rings. The quantitative estimate of drug-likeness (QED) is 0.407. The first-order valence-corrected chi connectivity index (χ1v) is 11.4. The highest BCUT2D eigenvalue weighted by Crippen LogP contribution is 2.34. The van der Waals surface area contributed by atoms with E-state index >= 15 is 0 Å². The highest BCUT2D eigenvalue weighted by Gasteiger charge is 2.23. The zero-order valence-electron chi connectivity index (χ0n) is 19.5. The maximum absolute atomic E-state index is 5.91. The summed E-state index contributed by atoms with van der Waals surface area (Å²) in [5.41, 5.74) is 2.24. The summed E-state index contributed by atoms with van der Waals surface area (Å²) in [6.07, 6.45) is 4.37. The van der Waals surface area contributed by atoms with Gasteiger partial charge in [-0.25, -0.2) is 9.97 Å². The topological polar surface area (TPSA) is 95.2 Å². The second kappa shape index (κ2) is 9.23.